The summed E-state index contributed by atoms with van der Waals surface area (Å²) in [5.41, 5.74) is 9.32. The number of hydrogen-bond acceptors (Lipinski definition) is 8. The predicted octanol–water partition coefficient (Wildman–Crippen LogP) is 6.48. The fourth-order valence-electron chi connectivity index (χ4n) is 4.67. The first-order chi connectivity index (χ1) is 15.2. The average molecular weight is 461 g/mol. The maximum Gasteiger partial charge on any atom is 0.249 e. The van der Waals surface area contributed by atoms with Gasteiger partial charge in [-0.05, 0) is 23.0 Å². The Kier molecular flexibility index (Phi) is 7.74. The van der Waals surface area contributed by atoms with Crippen LogP contribution in [0.2, 0.25) is 16.6 Å². The number of hydrogen-bond donors (Lipinski definition) is 1. The topological polar surface area (TPSA) is 113 Å². The van der Waals surface area contributed by atoms with Gasteiger partial charge in [0.2, 0.25) is 26.0 Å². The summed E-state index contributed by atoms with van der Waals surface area (Å²) in [7, 11) is -1.98. The molecule has 3 rings (SSSR count). The first-order valence-electron chi connectivity index (χ1n) is 11.4. The molecular weight excluding hydrogens is 424 g/mol. The van der Waals surface area contributed by atoms with Crippen molar-refractivity contribution in [1.82, 2.24) is 15.0 Å². The number of oxazole rings is 3. The Morgan fingerprint density at radius 3 is 2.03 bits per heavy atom. The Morgan fingerprint density at radius 2 is 1.41 bits per heavy atom. The molecule has 0 aliphatic rings. The van der Waals surface area contributed by atoms with E-state index in [0.29, 0.717) is 52.3 Å². The van der Waals surface area contributed by atoms with E-state index in [1.54, 1.807) is 6.26 Å². The zero-order chi connectivity index (χ0) is 23.5. The molecule has 3 aromatic heterocycles. The van der Waals surface area contributed by atoms with E-state index in [0.717, 1.165) is 18.5 Å². The minimum atomic E-state index is -1.98. The number of rotatable bonds is 11. The molecule has 8 nitrogen and oxygen atoms in total. The van der Waals surface area contributed by atoms with E-state index in [9.17, 15) is 0 Å². The van der Waals surface area contributed by atoms with Crippen molar-refractivity contribution in [3.63, 3.8) is 0 Å². The zero-order valence-corrected chi connectivity index (χ0v) is 21.2. The minimum Gasteiger partial charge on any atom is -0.446 e. The third-order valence-corrected chi connectivity index (χ3v) is 12.2. The van der Waals surface area contributed by atoms with Crippen LogP contribution in [0.5, 0.6) is 0 Å². The number of aromatic nitrogens is 3. The highest BCUT2D eigenvalue weighted by atomic mass is 28.4. The Balaban J connectivity index is 1.72. The summed E-state index contributed by atoms with van der Waals surface area (Å²) >= 11 is 0. The van der Waals surface area contributed by atoms with Crippen LogP contribution in [0.15, 0.2) is 32.0 Å². The van der Waals surface area contributed by atoms with Crippen LogP contribution in [0.4, 0.5) is 0 Å². The van der Waals surface area contributed by atoms with Gasteiger partial charge in [-0.25, -0.2) is 15.0 Å². The second-order valence-electron chi connectivity index (χ2n) is 9.25. The van der Waals surface area contributed by atoms with Crippen LogP contribution in [0, 0.1) is 0 Å². The van der Waals surface area contributed by atoms with Gasteiger partial charge in [-0.3, -0.25) is 0 Å². The molecule has 0 bridgehead atoms. The number of nitrogens with two attached hydrogens (primary N) is 1. The summed E-state index contributed by atoms with van der Waals surface area (Å²) in [4.78, 5) is 13.4. The molecule has 0 fully saturated rings. The van der Waals surface area contributed by atoms with Crippen molar-refractivity contribution in [2.75, 3.05) is 0 Å². The fourth-order valence-corrected chi connectivity index (χ4v) is 10.1. The molecule has 9 heteroatoms. The fraction of sp³-hybridized carbons (Fsp3) is 0.609. The summed E-state index contributed by atoms with van der Waals surface area (Å²) in [6.07, 6.45) is 6.38. The lowest BCUT2D eigenvalue weighted by molar-refractivity contribution is 0.261. The first-order valence-corrected chi connectivity index (χ1v) is 13.6. The van der Waals surface area contributed by atoms with Gasteiger partial charge >= 0.3 is 0 Å². The van der Waals surface area contributed by atoms with E-state index >= 15 is 0 Å². The third kappa shape index (κ3) is 4.89. The zero-order valence-electron chi connectivity index (χ0n) is 20.2. The van der Waals surface area contributed by atoms with Crippen LogP contribution in [0.25, 0.3) is 23.2 Å². The molecule has 32 heavy (non-hydrogen) atoms. The van der Waals surface area contributed by atoms with Crippen molar-refractivity contribution < 1.29 is 17.7 Å². The van der Waals surface area contributed by atoms with E-state index in [1.807, 2.05) is 0 Å². The van der Waals surface area contributed by atoms with E-state index in [4.69, 9.17) is 23.4 Å². The SMILES string of the molecule is CCCC(N)c1nc(-c2nc(-c3nc(CO[Si](C(C)C)(C(C)C)C(C)C)co3)co2)co1. The molecule has 1 atom stereocenters. The summed E-state index contributed by atoms with van der Waals surface area (Å²) < 4.78 is 23.3. The second kappa shape index (κ2) is 10.1. The van der Waals surface area contributed by atoms with Crippen LogP contribution in [-0.2, 0) is 11.0 Å². The van der Waals surface area contributed by atoms with Gasteiger partial charge in [-0.15, -0.1) is 0 Å². The highest BCUT2D eigenvalue weighted by Gasteiger charge is 2.45. The Morgan fingerprint density at radius 1 is 0.844 bits per heavy atom. The number of nitrogens with zero attached hydrogens (tertiary/aromatic N) is 3. The van der Waals surface area contributed by atoms with Crippen molar-refractivity contribution in [2.45, 2.75) is 90.6 Å². The lowest BCUT2D eigenvalue weighted by atomic mass is 10.2. The summed E-state index contributed by atoms with van der Waals surface area (Å²) in [5.74, 6) is 1.20. The molecule has 2 N–H and O–H groups in total. The van der Waals surface area contributed by atoms with Crippen LogP contribution >= 0.6 is 0 Å². The summed E-state index contributed by atoms with van der Waals surface area (Å²) in [6, 6.07) is -0.240. The molecule has 0 saturated carbocycles. The summed E-state index contributed by atoms with van der Waals surface area (Å²) in [6.45, 7) is 16.1. The predicted molar refractivity (Wildman–Crippen MR) is 125 cm³/mol. The van der Waals surface area contributed by atoms with Gasteiger partial charge in [0.25, 0.3) is 0 Å². The highest BCUT2D eigenvalue weighted by molar-refractivity contribution is 6.77. The lowest BCUT2D eigenvalue weighted by Gasteiger charge is -2.41. The Labute approximate surface area is 191 Å². The van der Waals surface area contributed by atoms with Gasteiger partial charge in [0.1, 0.15) is 24.5 Å². The van der Waals surface area contributed by atoms with Crippen molar-refractivity contribution in [3.05, 3.63) is 30.4 Å². The van der Waals surface area contributed by atoms with E-state index in [2.05, 4.69) is 63.4 Å². The lowest BCUT2D eigenvalue weighted by Crippen LogP contribution is -2.47. The molecule has 3 aromatic rings. The van der Waals surface area contributed by atoms with E-state index in [1.165, 1.54) is 12.5 Å². The van der Waals surface area contributed by atoms with Crippen molar-refractivity contribution in [3.8, 4) is 23.2 Å². The highest BCUT2D eigenvalue weighted by Crippen LogP contribution is 2.42. The van der Waals surface area contributed by atoms with Crippen LogP contribution < -0.4 is 5.73 Å². The smallest absolute Gasteiger partial charge is 0.249 e. The molecule has 0 radical (unpaired) electrons. The summed E-state index contributed by atoms with van der Waals surface area (Å²) in [5, 5.41) is 0. The van der Waals surface area contributed by atoms with Crippen LogP contribution in [0.3, 0.4) is 0 Å². The molecule has 0 aliphatic heterocycles. The first kappa shape index (κ1) is 24.4. The van der Waals surface area contributed by atoms with Gasteiger partial charge in [0, 0.05) is 0 Å². The average Bonchev–Trinajstić information content (AvgIpc) is 3.47. The van der Waals surface area contributed by atoms with Gasteiger partial charge in [-0.2, -0.15) is 0 Å². The standard InChI is InChI=1S/C23H36N4O4Si/c1-8-9-18(24)21-26-20(12-29-21)23-27-19(13-30-23)22-25-17(10-28-22)11-31-32(14(2)3,15(4)5)16(6)7/h10,12-16,18H,8-9,11,24H2,1-7H3. The maximum atomic E-state index is 6.61. The second-order valence-corrected chi connectivity index (χ2v) is 14.7. The van der Waals surface area contributed by atoms with Crippen molar-refractivity contribution >= 4 is 8.32 Å². The molecule has 0 aromatic carbocycles. The Hall–Kier alpha value is -2.23. The van der Waals surface area contributed by atoms with Gasteiger partial charge in [-0.1, -0.05) is 54.9 Å². The molecule has 0 aliphatic carbocycles. The minimum absolute atomic E-state index is 0.240. The van der Waals surface area contributed by atoms with Crippen molar-refractivity contribution in [2.24, 2.45) is 5.73 Å². The monoisotopic (exact) mass is 460 g/mol. The molecule has 0 amide bonds. The molecule has 176 valence electrons. The largest absolute Gasteiger partial charge is 0.446 e. The maximum absolute atomic E-state index is 6.61. The van der Waals surface area contributed by atoms with E-state index in [-0.39, 0.29) is 6.04 Å². The van der Waals surface area contributed by atoms with Gasteiger partial charge in [0.15, 0.2) is 11.4 Å². The van der Waals surface area contributed by atoms with E-state index < -0.39 is 8.32 Å². The molecule has 3 heterocycles. The quantitative estimate of drug-likeness (QED) is 0.324. The van der Waals surface area contributed by atoms with Crippen molar-refractivity contribution in [1.29, 1.82) is 0 Å². The van der Waals surface area contributed by atoms with Gasteiger partial charge in [0.05, 0.1) is 12.6 Å². The molecule has 0 spiro atoms. The van der Waals surface area contributed by atoms with Gasteiger partial charge < -0.3 is 23.4 Å². The normalized spacial score (nSPS) is 13.6. The van der Waals surface area contributed by atoms with Crippen LogP contribution in [-0.4, -0.2) is 23.3 Å². The molecular formula is C23H36N4O4Si. The van der Waals surface area contributed by atoms with Crippen LogP contribution in [0.1, 0.15) is 78.9 Å². The third-order valence-electron chi connectivity index (χ3n) is 6.11. The molecule has 0 saturated heterocycles. The Bertz CT molecular complexity index is 970. The molecule has 1 unspecified atom stereocenters.